The van der Waals surface area contributed by atoms with Gasteiger partial charge in [-0.25, -0.2) is 14.4 Å². The summed E-state index contributed by atoms with van der Waals surface area (Å²) in [5, 5.41) is 3.53. The van der Waals surface area contributed by atoms with Crippen LogP contribution in [0.4, 0.5) is 4.39 Å². The molecule has 3 aromatic heterocycles. The van der Waals surface area contributed by atoms with E-state index >= 15 is 0 Å². The van der Waals surface area contributed by atoms with E-state index in [1.807, 2.05) is 12.1 Å². The largest absolute Gasteiger partial charge is 0.347 e. The number of halogens is 2. The molecule has 1 aliphatic carbocycles. The van der Waals surface area contributed by atoms with E-state index in [0.29, 0.717) is 26.5 Å². The Morgan fingerprint density at radius 2 is 2.09 bits per heavy atom. The lowest BCUT2D eigenvalue weighted by Gasteiger charge is -2.32. The molecule has 0 bridgehead atoms. The molecular weight excluding hydrogens is 485 g/mol. The lowest BCUT2D eigenvalue weighted by molar-refractivity contribution is 0.0920. The van der Waals surface area contributed by atoms with Gasteiger partial charge in [-0.05, 0) is 49.8 Å². The van der Waals surface area contributed by atoms with Crippen LogP contribution < -0.4 is 5.32 Å². The third-order valence-corrected chi connectivity index (χ3v) is 7.52. The van der Waals surface area contributed by atoms with E-state index < -0.39 is 0 Å². The number of imidazole rings is 1. The van der Waals surface area contributed by atoms with Gasteiger partial charge < -0.3 is 9.88 Å². The first kappa shape index (κ1) is 23.9. The Labute approximate surface area is 212 Å². The monoisotopic (exact) mass is 511 g/mol. The fourth-order valence-corrected chi connectivity index (χ4v) is 5.73. The van der Waals surface area contributed by atoms with Gasteiger partial charge in [-0.1, -0.05) is 48.9 Å². The highest BCUT2D eigenvalue weighted by atomic mass is 35.5. The number of fused-ring (bicyclic) bond motifs is 1. The van der Waals surface area contributed by atoms with E-state index in [1.165, 1.54) is 23.6 Å². The topological polar surface area (TPSA) is 72.7 Å². The first-order chi connectivity index (χ1) is 16.9. The minimum Gasteiger partial charge on any atom is -0.347 e. The molecule has 1 aromatic carbocycles. The Hall–Kier alpha value is -2.84. The summed E-state index contributed by atoms with van der Waals surface area (Å²) < 4.78 is 17.3. The summed E-state index contributed by atoms with van der Waals surface area (Å²) in [4.78, 5) is 26.2. The maximum Gasteiger partial charge on any atom is 0.280 e. The van der Waals surface area contributed by atoms with Gasteiger partial charge in [0.2, 0.25) is 0 Å². The van der Waals surface area contributed by atoms with Crippen LogP contribution in [-0.2, 0) is 6.42 Å². The van der Waals surface area contributed by atoms with Crippen LogP contribution in [0.1, 0.15) is 61.2 Å². The number of hydrogen-bond acceptors (Lipinski definition) is 5. The van der Waals surface area contributed by atoms with Gasteiger partial charge in [0, 0.05) is 24.1 Å². The molecular formula is C26H27ClFN5OS. The van der Waals surface area contributed by atoms with Crippen molar-refractivity contribution in [3.8, 4) is 11.3 Å². The van der Waals surface area contributed by atoms with Gasteiger partial charge >= 0.3 is 0 Å². The SMILES string of the molecule is CC(C)Cc1nc2cnc(-c3ccccc3F)cc2n1[C@@H]1CCC[C@H](NC(=O)c2ncc(Cl)s2)C1. The summed E-state index contributed by atoms with van der Waals surface area (Å²) in [6.07, 6.45) is 7.75. The normalized spacial score (nSPS) is 18.3. The van der Waals surface area contributed by atoms with Crippen molar-refractivity contribution >= 4 is 39.9 Å². The van der Waals surface area contributed by atoms with Crippen LogP contribution in [0.5, 0.6) is 0 Å². The maximum absolute atomic E-state index is 14.5. The lowest BCUT2D eigenvalue weighted by Crippen LogP contribution is -2.39. The van der Waals surface area contributed by atoms with Gasteiger partial charge in [0.15, 0.2) is 5.01 Å². The first-order valence-corrected chi connectivity index (χ1v) is 13.1. The zero-order chi connectivity index (χ0) is 24.5. The molecule has 1 amide bonds. The third-order valence-electron chi connectivity index (χ3n) is 6.41. The number of nitrogens with one attached hydrogen (secondary N) is 1. The van der Waals surface area contributed by atoms with Crippen molar-refractivity contribution in [2.75, 3.05) is 0 Å². The third kappa shape index (κ3) is 5.09. The molecule has 1 N–H and O–H groups in total. The second kappa shape index (κ2) is 10.0. The summed E-state index contributed by atoms with van der Waals surface area (Å²) in [6.45, 7) is 4.35. The summed E-state index contributed by atoms with van der Waals surface area (Å²) in [7, 11) is 0. The second-order valence-corrected chi connectivity index (χ2v) is 11.2. The van der Waals surface area contributed by atoms with E-state index in [4.69, 9.17) is 16.6 Å². The molecule has 1 fully saturated rings. The number of hydrogen-bond donors (Lipinski definition) is 1. The molecule has 0 unspecified atom stereocenters. The van der Waals surface area contributed by atoms with Crippen molar-refractivity contribution in [1.82, 2.24) is 24.8 Å². The number of thiazole rings is 1. The lowest BCUT2D eigenvalue weighted by atomic mass is 9.90. The predicted octanol–water partition coefficient (Wildman–Crippen LogP) is 6.46. The van der Waals surface area contributed by atoms with Crippen molar-refractivity contribution in [3.63, 3.8) is 0 Å². The summed E-state index contributed by atoms with van der Waals surface area (Å²) in [5.41, 5.74) is 2.83. The van der Waals surface area contributed by atoms with Crippen LogP contribution >= 0.6 is 22.9 Å². The standard InChI is InChI=1S/C26H27ClFN5OS/c1-15(2)10-24-32-21-13-29-20(18-8-3-4-9-19(18)28)12-22(21)33(24)17-7-5-6-16(11-17)31-25(34)26-30-14-23(27)35-26/h3-4,8-9,12-17H,5-7,10-11H2,1-2H3,(H,31,34)/t16-,17+/m0/s1. The van der Waals surface area contributed by atoms with Crippen molar-refractivity contribution in [1.29, 1.82) is 0 Å². The molecule has 0 radical (unpaired) electrons. The Bertz CT molecular complexity index is 1370. The van der Waals surface area contributed by atoms with E-state index in [9.17, 15) is 9.18 Å². The molecule has 182 valence electrons. The first-order valence-electron chi connectivity index (χ1n) is 11.9. The molecule has 6 nitrogen and oxygen atoms in total. The zero-order valence-electron chi connectivity index (χ0n) is 19.7. The quantitative estimate of drug-likeness (QED) is 0.322. The van der Waals surface area contributed by atoms with E-state index in [0.717, 1.165) is 49.0 Å². The van der Waals surface area contributed by atoms with Crippen LogP contribution in [-0.4, -0.2) is 31.5 Å². The highest BCUT2D eigenvalue weighted by molar-refractivity contribution is 7.17. The number of nitrogens with zero attached hydrogens (tertiary/aromatic N) is 4. The van der Waals surface area contributed by atoms with Gasteiger partial charge in [-0.3, -0.25) is 9.78 Å². The van der Waals surface area contributed by atoms with E-state index in [1.54, 1.807) is 18.3 Å². The Morgan fingerprint density at radius 3 is 2.83 bits per heavy atom. The van der Waals surface area contributed by atoms with Crippen molar-refractivity contribution in [3.05, 3.63) is 63.7 Å². The van der Waals surface area contributed by atoms with E-state index in [2.05, 4.69) is 33.7 Å². The van der Waals surface area contributed by atoms with Crippen LogP contribution in [0.3, 0.4) is 0 Å². The van der Waals surface area contributed by atoms with Gasteiger partial charge in [-0.15, -0.1) is 0 Å². The molecule has 2 atom stereocenters. The van der Waals surface area contributed by atoms with Gasteiger partial charge in [0.05, 0.1) is 23.6 Å². The average Bonchev–Trinajstić information content (AvgIpc) is 3.42. The Balaban J connectivity index is 1.48. The van der Waals surface area contributed by atoms with Crippen LogP contribution in [0, 0.1) is 11.7 Å². The molecule has 3 heterocycles. The van der Waals surface area contributed by atoms with Gasteiger partial charge in [-0.2, -0.15) is 0 Å². The number of amides is 1. The number of benzene rings is 1. The number of carbonyl (C=O) groups excluding carboxylic acids is 1. The summed E-state index contributed by atoms with van der Waals surface area (Å²) in [5.74, 6) is 0.955. The fraction of sp³-hybridized carbons (Fsp3) is 0.385. The van der Waals surface area contributed by atoms with E-state index in [-0.39, 0.29) is 23.8 Å². The number of carbonyl (C=O) groups is 1. The number of pyridine rings is 1. The molecule has 0 spiro atoms. The molecule has 9 heteroatoms. The molecule has 0 saturated heterocycles. The van der Waals surface area contributed by atoms with Crippen molar-refractivity contribution in [2.24, 2.45) is 5.92 Å². The Kier molecular flexibility index (Phi) is 6.84. The van der Waals surface area contributed by atoms with Crippen LogP contribution in [0.2, 0.25) is 4.34 Å². The molecule has 1 saturated carbocycles. The Morgan fingerprint density at radius 1 is 1.26 bits per heavy atom. The molecule has 4 aromatic rings. The average molecular weight is 512 g/mol. The highest BCUT2D eigenvalue weighted by Crippen LogP contribution is 2.35. The fourth-order valence-electron chi connectivity index (χ4n) is 4.92. The number of aromatic nitrogens is 4. The molecule has 1 aliphatic rings. The van der Waals surface area contributed by atoms with Crippen LogP contribution in [0.15, 0.2) is 42.7 Å². The van der Waals surface area contributed by atoms with Gasteiger partial charge in [0.25, 0.3) is 5.91 Å². The van der Waals surface area contributed by atoms with Crippen LogP contribution in [0.25, 0.3) is 22.3 Å². The minimum atomic E-state index is -0.296. The highest BCUT2D eigenvalue weighted by Gasteiger charge is 2.29. The molecule has 0 aliphatic heterocycles. The maximum atomic E-state index is 14.5. The predicted molar refractivity (Wildman–Crippen MR) is 137 cm³/mol. The summed E-state index contributed by atoms with van der Waals surface area (Å²) >= 11 is 7.14. The van der Waals surface area contributed by atoms with Crippen molar-refractivity contribution < 1.29 is 9.18 Å². The molecule has 35 heavy (non-hydrogen) atoms. The number of rotatable bonds is 6. The second-order valence-electron chi connectivity index (χ2n) is 9.49. The smallest absolute Gasteiger partial charge is 0.280 e. The van der Waals surface area contributed by atoms with Gasteiger partial charge in [0.1, 0.15) is 21.5 Å². The zero-order valence-corrected chi connectivity index (χ0v) is 21.2. The molecule has 5 rings (SSSR count). The summed E-state index contributed by atoms with van der Waals surface area (Å²) in [6, 6.07) is 8.84. The minimum absolute atomic E-state index is 0.0288. The van der Waals surface area contributed by atoms with Crippen molar-refractivity contribution in [2.45, 2.75) is 58.0 Å².